The van der Waals surface area contributed by atoms with Gasteiger partial charge < -0.3 is 20.3 Å². The number of hydrogen-bond acceptors (Lipinski definition) is 6. The Kier molecular flexibility index (Phi) is 10.2. The van der Waals surface area contributed by atoms with Crippen molar-refractivity contribution >= 4 is 17.8 Å². The number of aromatic nitrogens is 1. The summed E-state index contributed by atoms with van der Waals surface area (Å²) < 4.78 is 52.5. The van der Waals surface area contributed by atoms with Gasteiger partial charge in [-0.1, -0.05) is 49.4 Å². The Morgan fingerprint density at radius 3 is 2.30 bits per heavy atom. The van der Waals surface area contributed by atoms with Crippen LogP contribution in [0.2, 0.25) is 0 Å². The largest absolute Gasteiger partial charge is 0.433 e. The molecule has 0 spiro atoms. The van der Waals surface area contributed by atoms with E-state index in [9.17, 15) is 27.6 Å². The number of pyridine rings is 1. The lowest BCUT2D eigenvalue weighted by atomic mass is 9.74. The SMILES string of the molecule is CNCc1ccc(C(F)(F)F)nc1N1CCC(C#N)(c2ccccc2)CC1.CNc1ccc(C(C)C=O)cc1F. The van der Waals surface area contributed by atoms with E-state index in [0.29, 0.717) is 49.5 Å². The average Bonchev–Trinajstić information content (AvgIpc) is 2.97. The smallest absolute Gasteiger partial charge is 0.386 e. The fourth-order valence-electron chi connectivity index (χ4n) is 4.66. The highest BCUT2D eigenvalue weighted by Gasteiger charge is 2.38. The van der Waals surface area contributed by atoms with Crippen LogP contribution in [0, 0.1) is 17.1 Å². The molecule has 1 unspecified atom stereocenters. The molecule has 0 aliphatic carbocycles. The summed E-state index contributed by atoms with van der Waals surface area (Å²) in [6.45, 7) is 3.13. The molecule has 2 N–H and O–H groups in total. The maximum absolute atomic E-state index is 13.2. The number of hydrogen-bond donors (Lipinski definition) is 2. The van der Waals surface area contributed by atoms with E-state index in [1.165, 1.54) is 12.1 Å². The standard InChI is InChI=1S/C20H21F3N4.C10H12FNO/c1-25-13-15-7-8-17(20(21,22)23)26-18(15)27-11-9-19(14-24,10-12-27)16-5-3-2-4-6-16;1-7(6-13)8-3-4-10(12-2)9(11)5-8/h2-8,25H,9-13H2,1H3;3-7,12H,1-2H3. The van der Waals surface area contributed by atoms with E-state index < -0.39 is 17.3 Å². The molecule has 4 rings (SSSR count). The Hall–Kier alpha value is -3.97. The minimum atomic E-state index is -4.48. The van der Waals surface area contributed by atoms with E-state index in [-0.39, 0.29) is 11.7 Å². The zero-order chi connectivity index (χ0) is 29.3. The van der Waals surface area contributed by atoms with Crippen LogP contribution in [0.3, 0.4) is 0 Å². The second-order valence-electron chi connectivity index (χ2n) is 9.67. The van der Waals surface area contributed by atoms with Crippen molar-refractivity contribution in [1.82, 2.24) is 10.3 Å². The van der Waals surface area contributed by atoms with Crippen LogP contribution in [0.4, 0.5) is 29.1 Å². The summed E-state index contributed by atoms with van der Waals surface area (Å²) in [6, 6.07) is 19.3. The number of alkyl halides is 3. The number of rotatable bonds is 7. The highest BCUT2D eigenvalue weighted by atomic mass is 19.4. The molecular weight excluding hydrogens is 522 g/mol. The van der Waals surface area contributed by atoms with E-state index in [4.69, 9.17) is 0 Å². The lowest BCUT2D eigenvalue weighted by molar-refractivity contribution is -0.141. The summed E-state index contributed by atoms with van der Waals surface area (Å²) in [6.07, 6.45) is -2.59. The van der Waals surface area contributed by atoms with Crippen molar-refractivity contribution in [1.29, 1.82) is 5.26 Å². The molecule has 1 aliphatic heterocycles. The molecule has 1 fully saturated rings. The number of nitriles is 1. The van der Waals surface area contributed by atoms with Crippen molar-refractivity contribution < 1.29 is 22.4 Å². The Balaban J connectivity index is 0.000000285. The Morgan fingerprint density at radius 1 is 1.10 bits per heavy atom. The molecule has 40 heavy (non-hydrogen) atoms. The van der Waals surface area contributed by atoms with Crippen LogP contribution >= 0.6 is 0 Å². The number of nitrogens with one attached hydrogen (secondary N) is 2. The number of piperidine rings is 1. The first kappa shape index (κ1) is 30.6. The number of nitrogens with zero attached hydrogens (tertiary/aromatic N) is 3. The molecule has 1 atom stereocenters. The van der Waals surface area contributed by atoms with Crippen LogP contribution in [0.15, 0.2) is 60.7 Å². The van der Waals surface area contributed by atoms with Gasteiger partial charge in [-0.05, 0) is 49.2 Å². The molecule has 6 nitrogen and oxygen atoms in total. The van der Waals surface area contributed by atoms with Gasteiger partial charge >= 0.3 is 6.18 Å². The number of halogens is 4. The molecule has 0 saturated carbocycles. The number of anilines is 2. The molecule has 0 radical (unpaired) electrons. The third kappa shape index (κ3) is 7.16. The van der Waals surface area contributed by atoms with Crippen molar-refractivity contribution in [2.45, 2.75) is 43.8 Å². The van der Waals surface area contributed by atoms with Crippen LogP contribution in [-0.4, -0.2) is 38.5 Å². The normalized spacial score (nSPS) is 15.3. The van der Waals surface area contributed by atoms with Gasteiger partial charge in [-0.2, -0.15) is 18.4 Å². The third-order valence-electron chi connectivity index (χ3n) is 7.06. The van der Waals surface area contributed by atoms with Gasteiger partial charge in [0, 0.05) is 38.2 Å². The summed E-state index contributed by atoms with van der Waals surface area (Å²) in [5, 5.41) is 15.5. The van der Waals surface area contributed by atoms with E-state index in [1.807, 2.05) is 35.2 Å². The predicted octanol–water partition coefficient (Wildman–Crippen LogP) is 6.05. The van der Waals surface area contributed by atoms with Crippen LogP contribution < -0.4 is 15.5 Å². The maximum Gasteiger partial charge on any atom is 0.433 e. The van der Waals surface area contributed by atoms with Gasteiger partial charge in [-0.3, -0.25) is 0 Å². The minimum absolute atomic E-state index is 0.250. The third-order valence-corrected chi connectivity index (χ3v) is 7.06. The van der Waals surface area contributed by atoms with Gasteiger partial charge in [0.15, 0.2) is 0 Å². The monoisotopic (exact) mass is 555 g/mol. The first-order valence-corrected chi connectivity index (χ1v) is 12.9. The fraction of sp³-hybridized carbons (Fsp3) is 0.367. The lowest BCUT2D eigenvalue weighted by Crippen LogP contribution is -2.43. The lowest BCUT2D eigenvalue weighted by Gasteiger charge is -2.39. The van der Waals surface area contributed by atoms with Gasteiger partial charge in [0.2, 0.25) is 0 Å². The molecule has 1 aromatic heterocycles. The van der Waals surface area contributed by atoms with Gasteiger partial charge in [0.05, 0.1) is 17.2 Å². The van der Waals surface area contributed by atoms with Crippen LogP contribution in [0.5, 0.6) is 0 Å². The zero-order valence-electron chi connectivity index (χ0n) is 22.7. The quantitative estimate of drug-likeness (QED) is 0.273. The second-order valence-corrected chi connectivity index (χ2v) is 9.67. The summed E-state index contributed by atoms with van der Waals surface area (Å²) in [5.41, 5.74) is 1.32. The summed E-state index contributed by atoms with van der Waals surface area (Å²) in [4.78, 5) is 16.2. The average molecular weight is 556 g/mol. The van der Waals surface area contributed by atoms with Crippen LogP contribution in [0.1, 0.15) is 48.1 Å². The maximum atomic E-state index is 13.2. The van der Waals surface area contributed by atoms with Crippen molar-refractivity contribution in [3.05, 3.63) is 88.9 Å². The van der Waals surface area contributed by atoms with Gasteiger partial charge in [-0.25, -0.2) is 9.37 Å². The molecule has 2 heterocycles. The first-order valence-electron chi connectivity index (χ1n) is 12.9. The van der Waals surface area contributed by atoms with Gasteiger partial charge in [0.1, 0.15) is 23.6 Å². The second kappa shape index (κ2) is 13.4. The van der Waals surface area contributed by atoms with Crippen molar-refractivity contribution in [2.75, 3.05) is 37.4 Å². The molecule has 0 amide bonds. The molecule has 0 bridgehead atoms. The number of carbonyl (C=O) groups is 1. The summed E-state index contributed by atoms with van der Waals surface area (Å²) >= 11 is 0. The Morgan fingerprint density at radius 2 is 1.77 bits per heavy atom. The first-order chi connectivity index (χ1) is 19.1. The molecule has 3 aromatic rings. The van der Waals surface area contributed by atoms with E-state index >= 15 is 0 Å². The Labute approximate surface area is 232 Å². The highest BCUT2D eigenvalue weighted by molar-refractivity contribution is 5.62. The van der Waals surface area contributed by atoms with Crippen molar-refractivity contribution in [3.63, 3.8) is 0 Å². The molecule has 2 aromatic carbocycles. The molecule has 212 valence electrons. The molecule has 1 saturated heterocycles. The summed E-state index contributed by atoms with van der Waals surface area (Å²) in [7, 11) is 3.40. The Bertz CT molecular complexity index is 1320. The van der Waals surface area contributed by atoms with Crippen LogP contribution in [-0.2, 0) is 22.9 Å². The highest BCUT2D eigenvalue weighted by Crippen LogP contribution is 2.38. The molecule has 10 heteroatoms. The number of aldehydes is 1. The van der Waals surface area contributed by atoms with E-state index in [0.717, 1.165) is 23.5 Å². The minimum Gasteiger partial charge on any atom is -0.386 e. The molecule has 1 aliphatic rings. The van der Waals surface area contributed by atoms with Crippen molar-refractivity contribution in [2.24, 2.45) is 0 Å². The van der Waals surface area contributed by atoms with Gasteiger partial charge in [0.25, 0.3) is 0 Å². The fourth-order valence-corrected chi connectivity index (χ4v) is 4.66. The van der Waals surface area contributed by atoms with Crippen LogP contribution in [0.25, 0.3) is 0 Å². The summed E-state index contributed by atoms with van der Waals surface area (Å²) in [5.74, 6) is -0.229. The van der Waals surface area contributed by atoms with Gasteiger partial charge in [-0.15, -0.1) is 0 Å². The number of carbonyl (C=O) groups excluding carboxylic acids is 1. The zero-order valence-corrected chi connectivity index (χ0v) is 22.7. The number of benzene rings is 2. The predicted molar refractivity (Wildman–Crippen MR) is 148 cm³/mol. The topological polar surface area (TPSA) is 81.1 Å². The van der Waals surface area contributed by atoms with Crippen molar-refractivity contribution in [3.8, 4) is 6.07 Å². The van der Waals surface area contributed by atoms with E-state index in [2.05, 4.69) is 21.7 Å². The molecular formula is C30H33F4N5O. The van der Waals surface area contributed by atoms with E-state index in [1.54, 1.807) is 33.2 Å².